The minimum Gasteiger partial charge on any atom is -0.495 e. The molecule has 0 bridgehead atoms. The first-order chi connectivity index (χ1) is 19.8. The Balaban J connectivity index is 1.92. The summed E-state index contributed by atoms with van der Waals surface area (Å²) in [4.78, 5) is 40.0. The standard InChI is InChI=1S/C28H31Cl2N3O8S/c1-5-12-40-27(36)41-24-15-25(34)33-21(13-18-6-8-19(29)9-7-18)26(35)32(17(2)3)16-28(33,31-24)42(37,38)23-14-20(30)10-11-22(23)39-4/h5-11,14,17,21,24,31H,1,12-13,15-16H2,2-4H3. The number of sulfone groups is 1. The third-order valence-corrected chi connectivity index (χ3v) is 9.77. The van der Waals surface area contributed by atoms with Gasteiger partial charge in [-0.2, -0.15) is 0 Å². The number of rotatable bonds is 9. The molecule has 11 nitrogen and oxygen atoms in total. The van der Waals surface area contributed by atoms with Gasteiger partial charge in [-0.1, -0.05) is 48.0 Å². The SMILES string of the molecule is C=CCOC(=O)OC1CC(=O)N2C(Cc3ccc(Cl)cc3)C(=O)N(C(C)C)CC2(S(=O)(=O)c2cc(Cl)ccc2OC)N1. The Morgan fingerprint density at radius 2 is 1.83 bits per heavy atom. The molecule has 4 rings (SSSR count). The van der Waals surface area contributed by atoms with Crippen LogP contribution in [0.5, 0.6) is 5.75 Å². The van der Waals surface area contributed by atoms with Crippen LogP contribution >= 0.6 is 23.2 Å². The highest BCUT2D eigenvalue weighted by Gasteiger charge is 2.64. The first-order valence-electron chi connectivity index (χ1n) is 13.0. The van der Waals surface area contributed by atoms with Crippen LogP contribution in [-0.4, -0.2) is 79.8 Å². The maximum absolute atomic E-state index is 14.8. The predicted octanol–water partition coefficient (Wildman–Crippen LogP) is 3.78. The molecule has 3 unspecified atom stereocenters. The van der Waals surface area contributed by atoms with Gasteiger partial charge >= 0.3 is 6.16 Å². The Labute approximate surface area is 254 Å². The lowest BCUT2D eigenvalue weighted by Gasteiger charge is -2.56. The van der Waals surface area contributed by atoms with E-state index in [1.165, 1.54) is 36.3 Å². The molecule has 0 aliphatic carbocycles. The van der Waals surface area contributed by atoms with Crippen LogP contribution in [0.1, 0.15) is 25.8 Å². The predicted molar refractivity (Wildman–Crippen MR) is 155 cm³/mol. The Morgan fingerprint density at radius 1 is 1.17 bits per heavy atom. The van der Waals surface area contributed by atoms with E-state index in [4.69, 9.17) is 37.4 Å². The van der Waals surface area contributed by atoms with Crippen molar-refractivity contribution in [2.75, 3.05) is 20.3 Å². The number of carbonyl (C=O) groups is 3. The summed E-state index contributed by atoms with van der Waals surface area (Å²) in [5.41, 5.74) is 0.647. The fourth-order valence-electron chi connectivity index (χ4n) is 5.13. The van der Waals surface area contributed by atoms with Crippen molar-refractivity contribution in [2.24, 2.45) is 0 Å². The number of piperazine rings is 1. The van der Waals surface area contributed by atoms with Crippen LogP contribution in [0.15, 0.2) is 60.0 Å². The van der Waals surface area contributed by atoms with Gasteiger partial charge in [0.2, 0.25) is 26.6 Å². The molecule has 0 spiro atoms. The van der Waals surface area contributed by atoms with Gasteiger partial charge in [-0.05, 0) is 49.7 Å². The summed E-state index contributed by atoms with van der Waals surface area (Å²) < 4.78 is 45.2. The maximum atomic E-state index is 14.8. The van der Waals surface area contributed by atoms with Crippen molar-refractivity contribution >= 4 is 51.0 Å². The lowest BCUT2D eigenvalue weighted by molar-refractivity contribution is -0.172. The largest absolute Gasteiger partial charge is 0.510 e. The van der Waals surface area contributed by atoms with Gasteiger partial charge in [-0.3, -0.25) is 14.5 Å². The van der Waals surface area contributed by atoms with Crippen molar-refractivity contribution in [2.45, 2.75) is 54.9 Å². The molecule has 14 heteroatoms. The number of hydrogen-bond donors (Lipinski definition) is 1. The molecule has 2 aliphatic rings. The van der Waals surface area contributed by atoms with E-state index in [-0.39, 0.29) is 28.7 Å². The summed E-state index contributed by atoms with van der Waals surface area (Å²) >= 11 is 12.3. The molecule has 1 N–H and O–H groups in total. The summed E-state index contributed by atoms with van der Waals surface area (Å²) in [6.45, 7) is 6.30. The summed E-state index contributed by atoms with van der Waals surface area (Å²) in [7, 11) is -3.37. The molecule has 2 saturated heterocycles. The van der Waals surface area contributed by atoms with Crippen molar-refractivity contribution in [1.29, 1.82) is 0 Å². The van der Waals surface area contributed by atoms with Gasteiger partial charge in [0.25, 0.3) is 0 Å². The van der Waals surface area contributed by atoms with Gasteiger partial charge in [0.1, 0.15) is 23.3 Å². The second-order valence-electron chi connectivity index (χ2n) is 10.1. The Hall–Kier alpha value is -3.32. The minimum absolute atomic E-state index is 0.0104. The second kappa shape index (κ2) is 12.5. The van der Waals surface area contributed by atoms with Crippen LogP contribution in [0.2, 0.25) is 10.0 Å². The number of halogens is 2. The molecule has 2 amide bonds. The fourth-order valence-corrected chi connectivity index (χ4v) is 7.64. The van der Waals surface area contributed by atoms with E-state index in [2.05, 4.69) is 11.9 Å². The van der Waals surface area contributed by atoms with Crippen LogP contribution < -0.4 is 10.1 Å². The van der Waals surface area contributed by atoms with E-state index in [1.54, 1.807) is 38.1 Å². The Kier molecular flexibility index (Phi) is 9.41. The maximum Gasteiger partial charge on any atom is 0.510 e. The second-order valence-corrected chi connectivity index (χ2v) is 13.1. The lowest BCUT2D eigenvalue weighted by Crippen LogP contribution is -2.82. The third-order valence-electron chi connectivity index (χ3n) is 7.05. The summed E-state index contributed by atoms with van der Waals surface area (Å²) in [5.74, 6) is -1.20. The molecule has 2 aromatic rings. The molecule has 2 aliphatic heterocycles. The molecule has 42 heavy (non-hydrogen) atoms. The highest BCUT2D eigenvalue weighted by Crippen LogP contribution is 2.42. The quantitative estimate of drug-likeness (QED) is 0.322. The third kappa shape index (κ3) is 5.94. The first-order valence-corrected chi connectivity index (χ1v) is 15.3. The highest BCUT2D eigenvalue weighted by atomic mass is 35.5. The van der Waals surface area contributed by atoms with Crippen molar-refractivity contribution in [3.63, 3.8) is 0 Å². The van der Waals surface area contributed by atoms with Crippen molar-refractivity contribution in [3.05, 3.63) is 70.7 Å². The molecule has 2 fully saturated rings. The van der Waals surface area contributed by atoms with Crippen LogP contribution in [0.3, 0.4) is 0 Å². The number of amides is 2. The molecule has 3 atom stereocenters. The van der Waals surface area contributed by atoms with E-state index >= 15 is 0 Å². The number of nitrogens with zero attached hydrogens (tertiary/aromatic N) is 2. The average Bonchev–Trinajstić information content (AvgIpc) is 2.94. The van der Waals surface area contributed by atoms with Crippen LogP contribution in [-0.2, 0) is 35.3 Å². The summed E-state index contributed by atoms with van der Waals surface area (Å²) in [6.07, 6.45) is -1.69. The molecule has 0 radical (unpaired) electrons. The fraction of sp³-hybridized carbons (Fsp3) is 0.393. The normalized spacial score (nSPS) is 22.5. The van der Waals surface area contributed by atoms with Crippen molar-refractivity contribution in [3.8, 4) is 5.75 Å². The number of nitrogens with one attached hydrogen (secondary N) is 1. The zero-order chi connectivity index (χ0) is 30.8. The zero-order valence-electron chi connectivity index (χ0n) is 23.2. The first kappa shape index (κ1) is 31.6. The number of hydrogen-bond acceptors (Lipinski definition) is 9. The zero-order valence-corrected chi connectivity index (χ0v) is 25.5. The van der Waals surface area contributed by atoms with Crippen LogP contribution in [0, 0.1) is 0 Å². The van der Waals surface area contributed by atoms with E-state index in [0.717, 1.165) is 4.90 Å². The van der Waals surface area contributed by atoms with Crippen molar-refractivity contribution in [1.82, 2.24) is 15.1 Å². The van der Waals surface area contributed by atoms with Gasteiger partial charge in [0.15, 0.2) is 6.23 Å². The number of fused-ring (bicyclic) bond motifs is 1. The molecule has 2 aromatic carbocycles. The van der Waals surface area contributed by atoms with Gasteiger partial charge in [-0.25, -0.2) is 18.5 Å². The molecule has 0 aromatic heterocycles. The summed E-state index contributed by atoms with van der Waals surface area (Å²) in [5, 5.41) is 3.48. The lowest BCUT2D eigenvalue weighted by atomic mass is 9.97. The van der Waals surface area contributed by atoms with E-state index in [1.807, 2.05) is 0 Å². The van der Waals surface area contributed by atoms with Crippen LogP contribution in [0.25, 0.3) is 0 Å². The van der Waals surface area contributed by atoms with Gasteiger partial charge in [0.05, 0.1) is 20.1 Å². The van der Waals surface area contributed by atoms with E-state index in [9.17, 15) is 22.8 Å². The molecule has 0 saturated carbocycles. The monoisotopic (exact) mass is 639 g/mol. The molecular weight excluding hydrogens is 609 g/mol. The molecule has 226 valence electrons. The Morgan fingerprint density at radius 3 is 2.45 bits per heavy atom. The number of ether oxygens (including phenoxy) is 3. The number of methoxy groups -OCH3 is 1. The Bertz CT molecular complexity index is 1480. The smallest absolute Gasteiger partial charge is 0.495 e. The molecular formula is C28H31Cl2N3O8S. The van der Waals surface area contributed by atoms with E-state index < -0.39 is 64.1 Å². The van der Waals surface area contributed by atoms with Crippen LogP contribution in [0.4, 0.5) is 4.79 Å². The van der Waals surface area contributed by atoms with Crippen molar-refractivity contribution < 1.29 is 37.0 Å². The van der Waals surface area contributed by atoms with Gasteiger partial charge < -0.3 is 19.1 Å². The van der Waals surface area contributed by atoms with E-state index in [0.29, 0.717) is 10.6 Å². The minimum atomic E-state index is -4.67. The number of benzene rings is 2. The summed E-state index contributed by atoms with van der Waals surface area (Å²) in [6, 6.07) is 9.03. The van der Waals surface area contributed by atoms with Gasteiger partial charge in [-0.15, -0.1) is 0 Å². The topological polar surface area (TPSA) is 132 Å². The highest BCUT2D eigenvalue weighted by molar-refractivity contribution is 7.93. The average molecular weight is 641 g/mol. The number of carbonyl (C=O) groups excluding carboxylic acids is 3. The molecule has 2 heterocycles. The van der Waals surface area contributed by atoms with Gasteiger partial charge in [0, 0.05) is 22.5 Å².